The lowest BCUT2D eigenvalue weighted by Gasteiger charge is -2.03. The highest BCUT2D eigenvalue weighted by atomic mass is 14.7. The first kappa shape index (κ1) is 14.8. The second-order valence-corrected chi connectivity index (χ2v) is 5.16. The van der Waals surface area contributed by atoms with E-state index in [1.807, 2.05) is 60.7 Å². The largest absolute Gasteiger partial charge is 0.404 e. The zero-order valence-corrected chi connectivity index (χ0v) is 12.8. The summed E-state index contributed by atoms with van der Waals surface area (Å²) in [5.74, 6) is 0. The van der Waals surface area contributed by atoms with Crippen LogP contribution in [0.4, 0.5) is 5.69 Å². The molecule has 0 spiro atoms. The number of nitrogens with two attached hydrogens (primary N) is 1. The van der Waals surface area contributed by atoms with Crippen molar-refractivity contribution in [3.05, 3.63) is 96.7 Å². The maximum Gasteiger partial charge on any atom is 0.0630 e. The first-order valence-electron chi connectivity index (χ1n) is 7.54. The molecule has 2 nitrogen and oxygen atoms in total. The number of benzene rings is 3. The van der Waals surface area contributed by atoms with E-state index in [9.17, 15) is 0 Å². The summed E-state index contributed by atoms with van der Waals surface area (Å²) in [6.07, 6.45) is 3.38. The molecule has 0 unspecified atom stereocenters. The summed E-state index contributed by atoms with van der Waals surface area (Å²) >= 11 is 0. The Morgan fingerprint density at radius 1 is 0.696 bits per heavy atom. The Morgan fingerprint density at radius 2 is 1.26 bits per heavy atom. The average Bonchev–Trinajstić information content (AvgIpc) is 2.64. The molecule has 0 radical (unpaired) electrons. The molecule has 0 saturated carbocycles. The first-order valence-corrected chi connectivity index (χ1v) is 7.54. The number of hydrogen-bond donors (Lipinski definition) is 1. The number of hydrogen-bond acceptors (Lipinski definition) is 2. The molecular formula is C21H18N2. The van der Waals surface area contributed by atoms with E-state index in [1.54, 1.807) is 12.4 Å². The predicted octanol–water partition coefficient (Wildman–Crippen LogP) is 5.06. The van der Waals surface area contributed by atoms with Crippen molar-refractivity contribution in [1.29, 1.82) is 0 Å². The average molecular weight is 298 g/mol. The van der Waals surface area contributed by atoms with Crippen LogP contribution in [0.5, 0.6) is 0 Å². The van der Waals surface area contributed by atoms with Crippen LogP contribution in [-0.2, 0) is 0 Å². The van der Waals surface area contributed by atoms with Crippen molar-refractivity contribution in [3.63, 3.8) is 0 Å². The van der Waals surface area contributed by atoms with Crippen molar-refractivity contribution in [3.8, 4) is 11.1 Å². The second kappa shape index (κ2) is 7.23. The molecule has 3 aromatic rings. The van der Waals surface area contributed by atoms with Crippen LogP contribution in [0.2, 0.25) is 0 Å². The van der Waals surface area contributed by atoms with Gasteiger partial charge in [-0.05, 0) is 28.8 Å². The zero-order valence-electron chi connectivity index (χ0n) is 12.8. The fourth-order valence-corrected chi connectivity index (χ4v) is 2.36. The summed E-state index contributed by atoms with van der Waals surface area (Å²) in [7, 11) is 0. The molecule has 0 aliphatic carbocycles. The molecule has 0 aliphatic rings. The summed E-state index contributed by atoms with van der Waals surface area (Å²) in [5, 5.41) is 0. The van der Waals surface area contributed by atoms with Gasteiger partial charge in [-0.25, -0.2) is 0 Å². The van der Waals surface area contributed by atoms with Crippen molar-refractivity contribution in [2.75, 3.05) is 0 Å². The van der Waals surface area contributed by atoms with E-state index in [-0.39, 0.29) is 0 Å². The van der Waals surface area contributed by atoms with Gasteiger partial charge in [-0.15, -0.1) is 0 Å². The molecule has 0 heterocycles. The van der Waals surface area contributed by atoms with Crippen LogP contribution in [0, 0.1) is 0 Å². The molecular weight excluding hydrogens is 280 g/mol. The highest BCUT2D eigenvalue weighted by molar-refractivity contribution is 6.10. The molecule has 0 saturated heterocycles. The van der Waals surface area contributed by atoms with Crippen molar-refractivity contribution in [2.45, 2.75) is 0 Å². The van der Waals surface area contributed by atoms with E-state index in [0.717, 1.165) is 16.8 Å². The molecule has 0 aromatic heterocycles. The fraction of sp³-hybridized carbons (Fsp3) is 0. The third-order valence-corrected chi connectivity index (χ3v) is 3.61. The van der Waals surface area contributed by atoms with Gasteiger partial charge in [-0.2, -0.15) is 0 Å². The minimum atomic E-state index is 0.901. The fourth-order valence-electron chi connectivity index (χ4n) is 2.36. The van der Waals surface area contributed by atoms with Crippen molar-refractivity contribution >= 4 is 17.5 Å². The number of rotatable bonds is 4. The Morgan fingerprint density at radius 3 is 1.87 bits per heavy atom. The SMILES string of the molecule is NC=C(C=Nc1ccc(-c2ccccc2)cc1)c1ccccc1. The van der Waals surface area contributed by atoms with Gasteiger partial charge in [-0.3, -0.25) is 4.99 Å². The highest BCUT2D eigenvalue weighted by Gasteiger charge is 1.98. The number of allylic oxidation sites excluding steroid dienone is 1. The predicted molar refractivity (Wildman–Crippen MR) is 98.6 cm³/mol. The minimum absolute atomic E-state index is 0.901. The maximum absolute atomic E-state index is 5.72. The van der Waals surface area contributed by atoms with E-state index in [4.69, 9.17) is 5.73 Å². The maximum atomic E-state index is 5.72. The number of aliphatic imine (C=N–C) groups is 1. The van der Waals surface area contributed by atoms with E-state index in [1.165, 1.54) is 11.1 Å². The van der Waals surface area contributed by atoms with Crippen molar-refractivity contribution in [2.24, 2.45) is 10.7 Å². The number of nitrogens with zero attached hydrogens (tertiary/aromatic N) is 1. The molecule has 23 heavy (non-hydrogen) atoms. The van der Waals surface area contributed by atoms with Crippen LogP contribution in [0.3, 0.4) is 0 Å². The normalized spacial score (nSPS) is 11.7. The first-order chi connectivity index (χ1) is 11.4. The topological polar surface area (TPSA) is 38.4 Å². The van der Waals surface area contributed by atoms with Crippen LogP contribution < -0.4 is 5.73 Å². The zero-order chi connectivity index (χ0) is 15.9. The van der Waals surface area contributed by atoms with Crippen LogP contribution in [0.1, 0.15) is 5.56 Å². The van der Waals surface area contributed by atoms with Gasteiger partial charge in [0.05, 0.1) is 5.69 Å². The van der Waals surface area contributed by atoms with Gasteiger partial charge in [0.1, 0.15) is 0 Å². The summed E-state index contributed by atoms with van der Waals surface area (Å²) < 4.78 is 0. The summed E-state index contributed by atoms with van der Waals surface area (Å²) in [5.41, 5.74) is 11.0. The lowest BCUT2D eigenvalue weighted by Crippen LogP contribution is -1.90. The van der Waals surface area contributed by atoms with Gasteiger partial charge in [0.2, 0.25) is 0 Å². The molecule has 0 bridgehead atoms. The molecule has 3 aromatic carbocycles. The molecule has 0 amide bonds. The van der Waals surface area contributed by atoms with E-state index in [2.05, 4.69) is 29.3 Å². The van der Waals surface area contributed by atoms with Gasteiger partial charge < -0.3 is 5.73 Å². The highest BCUT2D eigenvalue weighted by Crippen LogP contribution is 2.22. The Balaban J connectivity index is 1.78. The van der Waals surface area contributed by atoms with Gasteiger partial charge in [0.25, 0.3) is 0 Å². The molecule has 0 fully saturated rings. The quantitative estimate of drug-likeness (QED) is 0.672. The summed E-state index contributed by atoms with van der Waals surface area (Å²) in [6, 6.07) is 28.5. The minimum Gasteiger partial charge on any atom is -0.404 e. The van der Waals surface area contributed by atoms with Crippen LogP contribution in [-0.4, -0.2) is 6.21 Å². The van der Waals surface area contributed by atoms with E-state index >= 15 is 0 Å². The monoisotopic (exact) mass is 298 g/mol. The third kappa shape index (κ3) is 3.74. The van der Waals surface area contributed by atoms with E-state index < -0.39 is 0 Å². The molecule has 2 heteroatoms. The van der Waals surface area contributed by atoms with Gasteiger partial charge in [-0.1, -0.05) is 72.8 Å². The smallest absolute Gasteiger partial charge is 0.0630 e. The lowest BCUT2D eigenvalue weighted by atomic mass is 10.1. The van der Waals surface area contributed by atoms with Crippen LogP contribution in [0.25, 0.3) is 16.7 Å². The molecule has 112 valence electrons. The van der Waals surface area contributed by atoms with Gasteiger partial charge in [0.15, 0.2) is 0 Å². The van der Waals surface area contributed by atoms with Crippen molar-refractivity contribution < 1.29 is 0 Å². The van der Waals surface area contributed by atoms with Gasteiger partial charge in [0, 0.05) is 18.0 Å². The van der Waals surface area contributed by atoms with Crippen LogP contribution in [0.15, 0.2) is 96.1 Å². The van der Waals surface area contributed by atoms with Crippen LogP contribution >= 0.6 is 0 Å². The summed E-state index contributed by atoms with van der Waals surface area (Å²) in [6.45, 7) is 0. The molecule has 3 rings (SSSR count). The Hall–Kier alpha value is -3.13. The Kier molecular flexibility index (Phi) is 4.65. The van der Waals surface area contributed by atoms with Gasteiger partial charge >= 0.3 is 0 Å². The summed E-state index contributed by atoms with van der Waals surface area (Å²) in [4.78, 5) is 4.52. The third-order valence-electron chi connectivity index (χ3n) is 3.61. The molecule has 0 aliphatic heterocycles. The van der Waals surface area contributed by atoms with E-state index in [0.29, 0.717) is 0 Å². The Labute approximate surface area is 136 Å². The standard InChI is InChI=1S/C21H18N2/c22-15-20(18-9-5-2-6-10-18)16-23-21-13-11-19(12-14-21)17-7-3-1-4-8-17/h1-16H,22H2. The Bertz CT molecular complexity index is 801. The van der Waals surface area contributed by atoms with Crippen molar-refractivity contribution in [1.82, 2.24) is 0 Å². The molecule has 2 N–H and O–H groups in total. The molecule has 0 atom stereocenters. The lowest BCUT2D eigenvalue weighted by molar-refractivity contribution is 1.52. The second-order valence-electron chi connectivity index (χ2n) is 5.16.